The van der Waals surface area contributed by atoms with E-state index in [-0.39, 0.29) is 23.2 Å². The average molecular weight is 494 g/mol. The summed E-state index contributed by atoms with van der Waals surface area (Å²) in [4.78, 5) is 28.7. The maximum Gasteiger partial charge on any atom is 0.222 e. The number of benzene rings is 2. The van der Waals surface area contributed by atoms with Crippen LogP contribution in [0.15, 0.2) is 48.5 Å². The molecule has 6 heteroatoms. The second-order valence-corrected chi connectivity index (χ2v) is 11.0. The van der Waals surface area contributed by atoms with Crippen LogP contribution in [0.3, 0.4) is 0 Å². The Balaban J connectivity index is 1.44. The lowest BCUT2D eigenvalue weighted by atomic mass is 9.85. The fraction of sp³-hybridized carbons (Fsp3) is 0.533. The summed E-state index contributed by atoms with van der Waals surface area (Å²) in [7, 11) is 0. The highest BCUT2D eigenvalue weighted by Crippen LogP contribution is 2.46. The first-order chi connectivity index (χ1) is 17.2. The molecule has 0 bridgehead atoms. The maximum absolute atomic E-state index is 13.6. The minimum absolute atomic E-state index is 0.00311. The molecule has 0 saturated carbocycles. The molecule has 0 radical (unpaired) electrons. The van der Waals surface area contributed by atoms with Crippen molar-refractivity contribution in [3.8, 4) is 0 Å². The van der Waals surface area contributed by atoms with Crippen LogP contribution in [-0.4, -0.2) is 47.9 Å². The second-order valence-electron chi connectivity index (χ2n) is 11.0. The van der Waals surface area contributed by atoms with Gasteiger partial charge in [0.15, 0.2) is 0 Å². The molecule has 194 valence electrons. The Hall–Kier alpha value is -2.89. The SMILES string of the molecule is CC(=O)NCCCCCC(=O)N1CC[C@H]2[C@@H](C1)C[C@@](C)(Cc1ccc(F)cc1)N2c1cccc(C)c1. The Bertz CT molecular complexity index is 1060. The minimum Gasteiger partial charge on any atom is -0.362 e. The maximum atomic E-state index is 13.6. The number of nitrogens with zero attached hydrogens (tertiary/aromatic N) is 2. The van der Waals surface area contributed by atoms with E-state index >= 15 is 0 Å². The summed E-state index contributed by atoms with van der Waals surface area (Å²) in [5.41, 5.74) is 3.52. The summed E-state index contributed by atoms with van der Waals surface area (Å²) in [6.45, 7) is 8.26. The number of carbonyl (C=O) groups is 2. The van der Waals surface area contributed by atoms with E-state index in [1.165, 1.54) is 18.2 Å². The zero-order valence-corrected chi connectivity index (χ0v) is 21.9. The lowest BCUT2D eigenvalue weighted by Gasteiger charge is -2.43. The summed E-state index contributed by atoms with van der Waals surface area (Å²) in [5.74, 6) is 0.455. The normalized spacial score (nSPS) is 23.4. The molecule has 2 aliphatic rings. The number of hydrogen-bond acceptors (Lipinski definition) is 3. The number of aryl methyl sites for hydroxylation is 1. The van der Waals surface area contributed by atoms with Crippen molar-refractivity contribution >= 4 is 17.5 Å². The summed E-state index contributed by atoms with van der Waals surface area (Å²) in [6, 6.07) is 16.0. The van der Waals surface area contributed by atoms with Gasteiger partial charge in [-0.25, -0.2) is 4.39 Å². The standard InChI is InChI=1S/C30H40FN3O2/c1-22-8-7-9-27(18-22)34-28-15-17-33(29(36)10-5-4-6-16-32-23(2)35)21-25(28)20-30(34,3)19-24-11-13-26(31)14-12-24/h7-9,11-14,18,25,28H,4-6,10,15-17,19-21H2,1-3H3,(H,32,35)/t25-,28+,30-/m1/s1. The third-order valence-corrected chi connectivity index (χ3v) is 7.88. The van der Waals surface area contributed by atoms with E-state index < -0.39 is 0 Å². The molecule has 2 saturated heterocycles. The van der Waals surface area contributed by atoms with Crippen molar-refractivity contribution < 1.29 is 14.0 Å². The number of likely N-dealkylation sites (tertiary alicyclic amines) is 1. The molecule has 36 heavy (non-hydrogen) atoms. The van der Waals surface area contributed by atoms with Gasteiger partial charge in [-0.1, -0.05) is 30.7 Å². The number of hydrogen-bond donors (Lipinski definition) is 1. The fourth-order valence-electron chi connectivity index (χ4n) is 6.33. The number of unbranched alkanes of at least 4 members (excludes halogenated alkanes) is 2. The quantitative estimate of drug-likeness (QED) is 0.485. The van der Waals surface area contributed by atoms with E-state index in [1.807, 2.05) is 12.1 Å². The zero-order valence-electron chi connectivity index (χ0n) is 21.9. The van der Waals surface area contributed by atoms with E-state index in [0.29, 0.717) is 24.9 Å². The van der Waals surface area contributed by atoms with Crippen LogP contribution in [0.4, 0.5) is 10.1 Å². The topological polar surface area (TPSA) is 52.7 Å². The summed E-state index contributed by atoms with van der Waals surface area (Å²) >= 11 is 0. The van der Waals surface area contributed by atoms with Gasteiger partial charge in [0.05, 0.1) is 0 Å². The first-order valence-electron chi connectivity index (χ1n) is 13.4. The number of rotatable bonds is 9. The number of piperidine rings is 1. The Labute approximate surface area is 215 Å². The highest BCUT2D eigenvalue weighted by molar-refractivity contribution is 5.76. The van der Waals surface area contributed by atoms with Gasteiger partial charge >= 0.3 is 0 Å². The molecule has 2 amide bonds. The van der Waals surface area contributed by atoms with Crippen molar-refractivity contribution in [1.82, 2.24) is 10.2 Å². The molecular formula is C30H40FN3O2. The Morgan fingerprint density at radius 2 is 1.89 bits per heavy atom. The molecule has 4 rings (SSSR count). The van der Waals surface area contributed by atoms with Crippen molar-refractivity contribution in [2.75, 3.05) is 24.5 Å². The monoisotopic (exact) mass is 493 g/mol. The van der Waals surface area contributed by atoms with Gasteiger partial charge in [-0.3, -0.25) is 9.59 Å². The molecule has 2 aromatic carbocycles. The molecule has 0 aromatic heterocycles. The lowest BCUT2D eigenvalue weighted by Crippen LogP contribution is -2.51. The molecule has 0 spiro atoms. The molecular weight excluding hydrogens is 453 g/mol. The van der Waals surface area contributed by atoms with E-state index in [2.05, 4.69) is 53.2 Å². The third kappa shape index (κ3) is 6.26. The Kier molecular flexibility index (Phi) is 8.32. The number of halogens is 1. The van der Waals surface area contributed by atoms with Crippen LogP contribution in [0.1, 0.15) is 63.5 Å². The summed E-state index contributed by atoms with van der Waals surface area (Å²) in [6.07, 6.45) is 6.10. The van der Waals surface area contributed by atoms with Crippen LogP contribution >= 0.6 is 0 Å². The van der Waals surface area contributed by atoms with Crippen molar-refractivity contribution in [2.24, 2.45) is 5.92 Å². The fourth-order valence-corrected chi connectivity index (χ4v) is 6.33. The van der Waals surface area contributed by atoms with Crippen molar-refractivity contribution in [3.63, 3.8) is 0 Å². The molecule has 1 N–H and O–H groups in total. The van der Waals surface area contributed by atoms with Gasteiger partial charge < -0.3 is 15.1 Å². The Morgan fingerprint density at radius 1 is 1.11 bits per heavy atom. The number of carbonyl (C=O) groups excluding carboxylic acids is 2. The smallest absolute Gasteiger partial charge is 0.222 e. The largest absolute Gasteiger partial charge is 0.362 e. The molecule has 0 unspecified atom stereocenters. The van der Waals surface area contributed by atoms with Gasteiger partial charge in [0.25, 0.3) is 0 Å². The van der Waals surface area contributed by atoms with Crippen LogP contribution in [0.2, 0.25) is 0 Å². The number of nitrogens with one attached hydrogen (secondary N) is 1. The first kappa shape index (κ1) is 26.2. The van der Waals surface area contributed by atoms with Crippen LogP contribution in [0, 0.1) is 18.7 Å². The summed E-state index contributed by atoms with van der Waals surface area (Å²) < 4.78 is 13.6. The number of fused-ring (bicyclic) bond motifs is 1. The van der Waals surface area contributed by atoms with Crippen molar-refractivity contribution in [2.45, 2.75) is 77.3 Å². The van der Waals surface area contributed by atoms with Gasteiger partial charge in [0, 0.05) is 50.2 Å². The van der Waals surface area contributed by atoms with Crippen molar-refractivity contribution in [3.05, 3.63) is 65.5 Å². The van der Waals surface area contributed by atoms with Gasteiger partial charge in [-0.15, -0.1) is 0 Å². The van der Waals surface area contributed by atoms with Gasteiger partial charge in [0.1, 0.15) is 5.82 Å². The lowest BCUT2D eigenvalue weighted by molar-refractivity contribution is -0.133. The number of amides is 2. The van der Waals surface area contributed by atoms with E-state index in [9.17, 15) is 14.0 Å². The third-order valence-electron chi connectivity index (χ3n) is 7.88. The molecule has 5 nitrogen and oxygen atoms in total. The van der Waals surface area contributed by atoms with Crippen LogP contribution in [-0.2, 0) is 16.0 Å². The van der Waals surface area contributed by atoms with Crippen LogP contribution in [0.25, 0.3) is 0 Å². The molecule has 2 aliphatic heterocycles. The zero-order chi connectivity index (χ0) is 25.7. The molecule has 2 heterocycles. The minimum atomic E-state index is -0.205. The number of anilines is 1. The first-order valence-corrected chi connectivity index (χ1v) is 13.4. The molecule has 2 aromatic rings. The predicted octanol–water partition coefficient (Wildman–Crippen LogP) is 5.26. The van der Waals surface area contributed by atoms with Crippen LogP contribution in [0.5, 0.6) is 0 Å². The van der Waals surface area contributed by atoms with Gasteiger partial charge in [-0.05, 0) is 87.3 Å². The predicted molar refractivity (Wildman–Crippen MR) is 142 cm³/mol. The van der Waals surface area contributed by atoms with E-state index in [4.69, 9.17) is 0 Å². The molecule has 3 atom stereocenters. The molecule has 2 fully saturated rings. The van der Waals surface area contributed by atoms with Crippen LogP contribution < -0.4 is 10.2 Å². The van der Waals surface area contributed by atoms with E-state index in [0.717, 1.165) is 57.2 Å². The second kappa shape index (κ2) is 11.4. The van der Waals surface area contributed by atoms with E-state index in [1.54, 1.807) is 12.1 Å². The highest BCUT2D eigenvalue weighted by atomic mass is 19.1. The van der Waals surface area contributed by atoms with Gasteiger partial charge in [0.2, 0.25) is 11.8 Å². The van der Waals surface area contributed by atoms with Crippen molar-refractivity contribution in [1.29, 1.82) is 0 Å². The highest BCUT2D eigenvalue weighted by Gasteiger charge is 2.50. The Morgan fingerprint density at radius 3 is 2.61 bits per heavy atom. The summed E-state index contributed by atoms with van der Waals surface area (Å²) in [5, 5.41) is 2.81. The molecule has 0 aliphatic carbocycles. The van der Waals surface area contributed by atoms with Gasteiger partial charge in [-0.2, -0.15) is 0 Å². The average Bonchev–Trinajstić information content (AvgIpc) is 3.13.